The minimum atomic E-state index is -4.59. The third kappa shape index (κ3) is 5.71. The fraction of sp³-hybridized carbons (Fsp3) is 0.588. The largest absolute Gasteiger partial charge is 0.444 e. The van der Waals surface area contributed by atoms with Gasteiger partial charge in [-0.1, -0.05) is 11.6 Å². The Morgan fingerprint density at radius 3 is 2.50 bits per heavy atom. The van der Waals surface area contributed by atoms with E-state index in [0.29, 0.717) is 10.7 Å². The lowest BCUT2D eigenvalue weighted by molar-refractivity contribution is -0.265. The van der Waals surface area contributed by atoms with Gasteiger partial charge in [0.2, 0.25) is 0 Å². The van der Waals surface area contributed by atoms with E-state index >= 15 is 0 Å². The van der Waals surface area contributed by atoms with E-state index in [1.807, 2.05) is 0 Å². The first-order chi connectivity index (χ1) is 12.7. The first-order valence-corrected chi connectivity index (χ1v) is 8.77. The van der Waals surface area contributed by atoms with Gasteiger partial charge in [-0.2, -0.15) is 18.3 Å². The van der Waals surface area contributed by atoms with Crippen molar-refractivity contribution in [1.82, 2.24) is 19.9 Å². The zero-order chi connectivity index (χ0) is 21.3. The SMILES string of the molecule is CC(C)(C)OC(=O)N[C@@H](COC(C)(C)C(F)(F)F)c1cn2ncc(Cl)cc2n1. The molecule has 0 unspecified atom stereocenters. The van der Waals surface area contributed by atoms with E-state index in [-0.39, 0.29) is 5.69 Å². The number of nitrogens with one attached hydrogen (secondary N) is 1. The summed E-state index contributed by atoms with van der Waals surface area (Å²) >= 11 is 5.88. The molecule has 1 N–H and O–H groups in total. The summed E-state index contributed by atoms with van der Waals surface area (Å²) < 4.78 is 50.9. The van der Waals surface area contributed by atoms with Crippen LogP contribution < -0.4 is 5.32 Å². The van der Waals surface area contributed by atoms with Crippen LogP contribution in [0.25, 0.3) is 5.65 Å². The van der Waals surface area contributed by atoms with Gasteiger partial charge in [0.05, 0.1) is 35.8 Å². The number of rotatable bonds is 5. The van der Waals surface area contributed by atoms with Crippen molar-refractivity contribution in [3.8, 4) is 0 Å². The van der Waals surface area contributed by atoms with Crippen LogP contribution in [0.1, 0.15) is 46.4 Å². The van der Waals surface area contributed by atoms with Gasteiger partial charge in [-0.25, -0.2) is 14.3 Å². The van der Waals surface area contributed by atoms with Crippen molar-refractivity contribution in [2.24, 2.45) is 0 Å². The van der Waals surface area contributed by atoms with E-state index in [0.717, 1.165) is 13.8 Å². The molecule has 2 rings (SSSR count). The summed E-state index contributed by atoms with van der Waals surface area (Å²) in [6.07, 6.45) is -2.54. The first-order valence-electron chi connectivity index (χ1n) is 8.39. The summed E-state index contributed by atoms with van der Waals surface area (Å²) in [5.74, 6) is 0. The van der Waals surface area contributed by atoms with Crippen LogP contribution in [0.15, 0.2) is 18.5 Å². The first kappa shape index (κ1) is 22.2. The molecule has 0 saturated heterocycles. The van der Waals surface area contributed by atoms with Crippen molar-refractivity contribution in [2.45, 2.75) is 58.0 Å². The Morgan fingerprint density at radius 2 is 1.93 bits per heavy atom. The summed E-state index contributed by atoms with van der Waals surface area (Å²) in [5, 5.41) is 6.87. The van der Waals surface area contributed by atoms with Gasteiger partial charge in [-0.3, -0.25) is 0 Å². The maximum absolute atomic E-state index is 13.1. The van der Waals surface area contributed by atoms with Gasteiger partial charge in [0.25, 0.3) is 0 Å². The van der Waals surface area contributed by atoms with Gasteiger partial charge in [0.1, 0.15) is 5.60 Å². The molecule has 0 aliphatic carbocycles. The summed E-state index contributed by atoms with van der Waals surface area (Å²) in [6, 6.07) is 0.528. The van der Waals surface area contributed by atoms with Gasteiger partial charge in [0, 0.05) is 6.07 Å². The number of aromatic nitrogens is 3. The van der Waals surface area contributed by atoms with E-state index in [9.17, 15) is 18.0 Å². The van der Waals surface area contributed by atoms with Gasteiger partial charge >= 0.3 is 12.3 Å². The molecule has 2 aromatic rings. The fourth-order valence-corrected chi connectivity index (χ4v) is 2.21. The van der Waals surface area contributed by atoms with Gasteiger partial charge in [-0.15, -0.1) is 0 Å². The second-order valence-electron chi connectivity index (χ2n) is 7.66. The molecule has 7 nitrogen and oxygen atoms in total. The minimum absolute atomic E-state index is 0.249. The number of alkyl carbamates (subject to hydrolysis) is 1. The summed E-state index contributed by atoms with van der Waals surface area (Å²) in [7, 11) is 0. The number of hydrogen-bond acceptors (Lipinski definition) is 5. The average molecular weight is 423 g/mol. The number of amides is 1. The average Bonchev–Trinajstić information content (AvgIpc) is 2.91. The number of imidazole rings is 1. The predicted molar refractivity (Wildman–Crippen MR) is 96.2 cm³/mol. The van der Waals surface area contributed by atoms with Crippen LogP contribution in [-0.2, 0) is 9.47 Å². The molecule has 0 aromatic carbocycles. The molecule has 1 amide bonds. The number of alkyl halides is 3. The highest BCUT2D eigenvalue weighted by Crippen LogP contribution is 2.33. The molecular formula is C17H22ClF3N4O3. The van der Waals surface area contributed by atoms with Crippen LogP contribution in [0, 0.1) is 0 Å². The van der Waals surface area contributed by atoms with Crippen molar-refractivity contribution in [3.05, 3.63) is 29.2 Å². The minimum Gasteiger partial charge on any atom is -0.444 e. The van der Waals surface area contributed by atoms with E-state index in [2.05, 4.69) is 15.4 Å². The van der Waals surface area contributed by atoms with Crippen LogP contribution in [0.4, 0.5) is 18.0 Å². The highest BCUT2D eigenvalue weighted by Gasteiger charge is 2.49. The van der Waals surface area contributed by atoms with Crippen LogP contribution in [0.3, 0.4) is 0 Å². The molecular weight excluding hydrogens is 401 g/mol. The molecule has 2 heterocycles. The smallest absolute Gasteiger partial charge is 0.416 e. The Balaban J connectivity index is 2.28. The van der Waals surface area contributed by atoms with Gasteiger partial charge in [-0.05, 0) is 34.6 Å². The van der Waals surface area contributed by atoms with Crippen molar-refractivity contribution in [2.75, 3.05) is 6.61 Å². The van der Waals surface area contributed by atoms with Crippen LogP contribution in [0.2, 0.25) is 5.02 Å². The highest BCUT2D eigenvalue weighted by atomic mass is 35.5. The number of carbonyl (C=O) groups is 1. The summed E-state index contributed by atoms with van der Waals surface area (Å²) in [4.78, 5) is 16.4. The molecule has 0 spiro atoms. The molecule has 0 bridgehead atoms. The second-order valence-corrected chi connectivity index (χ2v) is 8.10. The van der Waals surface area contributed by atoms with Gasteiger partial charge < -0.3 is 14.8 Å². The van der Waals surface area contributed by atoms with Crippen molar-refractivity contribution < 1.29 is 27.4 Å². The van der Waals surface area contributed by atoms with Crippen molar-refractivity contribution in [1.29, 1.82) is 0 Å². The number of hydrogen-bond donors (Lipinski definition) is 1. The normalized spacial score (nSPS) is 14.2. The molecule has 28 heavy (non-hydrogen) atoms. The molecule has 156 valence electrons. The quantitative estimate of drug-likeness (QED) is 0.777. The highest BCUT2D eigenvalue weighted by molar-refractivity contribution is 6.30. The molecule has 11 heteroatoms. The van der Waals surface area contributed by atoms with Crippen LogP contribution >= 0.6 is 11.6 Å². The number of fused-ring (bicyclic) bond motifs is 1. The lowest BCUT2D eigenvalue weighted by atomic mass is 10.1. The van der Waals surface area contributed by atoms with Crippen LogP contribution in [-0.4, -0.2) is 44.7 Å². The number of carbonyl (C=O) groups excluding carboxylic acids is 1. The van der Waals surface area contributed by atoms with Gasteiger partial charge in [0.15, 0.2) is 11.2 Å². The molecule has 1 atom stereocenters. The third-order valence-electron chi connectivity index (χ3n) is 3.65. The van der Waals surface area contributed by atoms with E-state index in [1.54, 1.807) is 20.8 Å². The maximum atomic E-state index is 13.1. The fourth-order valence-electron chi connectivity index (χ4n) is 2.06. The number of nitrogens with zero attached hydrogens (tertiary/aromatic N) is 3. The lowest BCUT2D eigenvalue weighted by Crippen LogP contribution is -2.44. The molecule has 0 fully saturated rings. The second kappa shape index (κ2) is 7.75. The Labute approximate surface area is 165 Å². The van der Waals surface area contributed by atoms with E-state index < -0.39 is 36.1 Å². The predicted octanol–water partition coefficient (Wildman–Crippen LogP) is 4.31. The Hall–Kier alpha value is -2.07. The van der Waals surface area contributed by atoms with E-state index in [4.69, 9.17) is 21.1 Å². The molecule has 0 saturated carbocycles. The number of halogens is 4. The zero-order valence-electron chi connectivity index (χ0n) is 16.1. The third-order valence-corrected chi connectivity index (χ3v) is 3.85. The number of ether oxygens (including phenoxy) is 2. The zero-order valence-corrected chi connectivity index (χ0v) is 16.9. The maximum Gasteiger partial charge on any atom is 0.416 e. The van der Waals surface area contributed by atoms with Crippen molar-refractivity contribution in [3.63, 3.8) is 0 Å². The Kier molecular flexibility index (Phi) is 6.15. The molecule has 0 aliphatic rings. The van der Waals surface area contributed by atoms with E-state index in [1.165, 1.54) is 23.0 Å². The Bertz CT molecular complexity index is 846. The lowest BCUT2D eigenvalue weighted by Gasteiger charge is -2.30. The summed E-state index contributed by atoms with van der Waals surface area (Å²) in [6.45, 7) is 6.33. The molecule has 0 aliphatic heterocycles. The van der Waals surface area contributed by atoms with Crippen molar-refractivity contribution >= 4 is 23.3 Å². The standard InChI is InChI=1S/C17H22ClF3N4O3/c1-15(2,3)28-14(26)24-12(9-27-16(4,5)17(19,20)21)11-8-25-13(23-11)6-10(18)7-22-25/h6-8,12H,9H2,1-5H3,(H,24,26)/t12-/m0/s1. The monoisotopic (exact) mass is 422 g/mol. The Morgan fingerprint density at radius 1 is 1.29 bits per heavy atom. The van der Waals surface area contributed by atoms with Crippen LogP contribution in [0.5, 0.6) is 0 Å². The topological polar surface area (TPSA) is 77.8 Å². The molecule has 2 aromatic heterocycles. The molecule has 0 radical (unpaired) electrons. The summed E-state index contributed by atoms with van der Waals surface area (Å²) in [5.41, 5.74) is -2.58.